The Morgan fingerprint density at radius 1 is 1.31 bits per heavy atom. The van der Waals surface area contributed by atoms with Crippen molar-refractivity contribution >= 4 is 0 Å². The lowest BCUT2D eigenvalue weighted by molar-refractivity contribution is -0.159. The zero-order chi connectivity index (χ0) is 11.6. The number of hydrogen-bond acceptors (Lipinski definition) is 1. The van der Waals surface area contributed by atoms with Crippen LogP contribution >= 0.6 is 0 Å². The van der Waals surface area contributed by atoms with Gasteiger partial charge in [-0.25, -0.2) is 0 Å². The molecule has 4 atom stereocenters. The molecule has 0 aromatic rings. The molecule has 4 aliphatic rings. The number of allylic oxidation sites excluding steroid dienone is 1. The molecule has 4 fully saturated rings. The first-order valence-electron chi connectivity index (χ1n) is 6.82. The summed E-state index contributed by atoms with van der Waals surface area (Å²) in [4.78, 5) is 0. The molecule has 4 saturated carbocycles. The molecule has 2 bridgehead atoms. The van der Waals surface area contributed by atoms with Gasteiger partial charge in [-0.05, 0) is 60.7 Å². The highest BCUT2D eigenvalue weighted by molar-refractivity contribution is 5.26. The quantitative estimate of drug-likeness (QED) is 0.672. The Morgan fingerprint density at radius 2 is 2.06 bits per heavy atom. The molecule has 0 aromatic carbocycles. The average molecular weight is 220 g/mol. The monoisotopic (exact) mass is 220 g/mol. The van der Waals surface area contributed by atoms with Crippen LogP contribution in [0, 0.1) is 28.6 Å². The van der Waals surface area contributed by atoms with Gasteiger partial charge in [-0.2, -0.15) is 0 Å². The molecule has 4 aliphatic carbocycles. The third kappa shape index (κ3) is 0.971. The summed E-state index contributed by atoms with van der Waals surface area (Å²) in [5.74, 6) is 2.15. The van der Waals surface area contributed by atoms with Gasteiger partial charge in [-0.1, -0.05) is 26.0 Å². The lowest BCUT2D eigenvalue weighted by Crippen LogP contribution is -2.59. The smallest absolute Gasteiger partial charge is 0.0464 e. The van der Waals surface area contributed by atoms with Gasteiger partial charge in [-0.15, -0.1) is 0 Å². The summed E-state index contributed by atoms with van der Waals surface area (Å²) < 4.78 is 0. The minimum Gasteiger partial charge on any atom is -0.396 e. The maximum absolute atomic E-state index is 9.66. The molecule has 90 valence electrons. The second-order valence-electron chi connectivity index (χ2n) is 6.87. The Bertz CT molecular complexity index is 330. The maximum Gasteiger partial charge on any atom is 0.0464 e. The zero-order valence-electron chi connectivity index (χ0n) is 10.6. The van der Waals surface area contributed by atoms with E-state index in [0.717, 1.165) is 11.8 Å². The molecule has 16 heavy (non-hydrogen) atoms. The topological polar surface area (TPSA) is 20.2 Å². The molecule has 0 amide bonds. The van der Waals surface area contributed by atoms with Crippen LogP contribution < -0.4 is 0 Å². The molecule has 4 rings (SSSR count). The molecule has 0 saturated heterocycles. The molecule has 0 radical (unpaired) electrons. The number of rotatable bonds is 1. The standard InChI is InChI=1S/C15H24O/c1-10-4-5-11-6-7-12(9-16)15(11)8-13(10)14(15,2)3/h11-13,16H,1,4-9H2,2-3H3/t11-,12+,13+,15-/m1/s1. The Kier molecular flexibility index (Phi) is 2.12. The van der Waals surface area contributed by atoms with Crippen molar-refractivity contribution in [3.8, 4) is 0 Å². The van der Waals surface area contributed by atoms with Gasteiger partial charge in [-0.3, -0.25) is 0 Å². The largest absolute Gasteiger partial charge is 0.396 e. The molecule has 1 heteroatoms. The number of aliphatic hydroxyl groups is 1. The van der Waals surface area contributed by atoms with Crippen molar-refractivity contribution in [3.05, 3.63) is 12.2 Å². The van der Waals surface area contributed by atoms with Crippen LogP contribution in [0.15, 0.2) is 12.2 Å². The fourth-order valence-corrected chi connectivity index (χ4v) is 5.53. The van der Waals surface area contributed by atoms with E-state index in [0.29, 0.717) is 23.4 Å². The molecule has 0 aliphatic heterocycles. The van der Waals surface area contributed by atoms with Crippen LogP contribution in [0.25, 0.3) is 0 Å². The van der Waals surface area contributed by atoms with Crippen LogP contribution in [0.2, 0.25) is 0 Å². The SMILES string of the molecule is C=C1CC[C@@H]2CC[C@@H](CO)[C@@]23C[C@@H]1C3(C)C. The van der Waals surface area contributed by atoms with E-state index in [1.807, 2.05) is 0 Å². The zero-order valence-corrected chi connectivity index (χ0v) is 10.6. The summed E-state index contributed by atoms with van der Waals surface area (Å²) in [6.07, 6.45) is 6.47. The minimum atomic E-state index is 0.384. The first kappa shape index (κ1) is 10.8. The van der Waals surface area contributed by atoms with E-state index in [1.54, 1.807) is 0 Å². The Balaban J connectivity index is 2.04. The van der Waals surface area contributed by atoms with Crippen molar-refractivity contribution in [1.29, 1.82) is 0 Å². The highest BCUT2D eigenvalue weighted by Gasteiger charge is 2.68. The van der Waals surface area contributed by atoms with Gasteiger partial charge >= 0.3 is 0 Å². The van der Waals surface area contributed by atoms with Crippen LogP contribution in [0.1, 0.15) is 46.0 Å². The van der Waals surface area contributed by atoms with E-state index in [1.165, 1.54) is 37.7 Å². The van der Waals surface area contributed by atoms with Gasteiger partial charge in [0.05, 0.1) is 0 Å². The first-order chi connectivity index (χ1) is 7.54. The van der Waals surface area contributed by atoms with Gasteiger partial charge in [0.1, 0.15) is 0 Å². The van der Waals surface area contributed by atoms with E-state index in [2.05, 4.69) is 20.4 Å². The molecule has 1 N–H and O–H groups in total. The third-order valence-corrected chi connectivity index (χ3v) is 6.46. The third-order valence-electron chi connectivity index (χ3n) is 6.46. The highest BCUT2D eigenvalue weighted by atomic mass is 16.3. The molecule has 0 unspecified atom stereocenters. The van der Waals surface area contributed by atoms with Gasteiger partial charge < -0.3 is 5.11 Å². The molecule has 1 spiro atoms. The van der Waals surface area contributed by atoms with Crippen LogP contribution in [-0.4, -0.2) is 11.7 Å². The normalized spacial score (nSPS) is 49.4. The van der Waals surface area contributed by atoms with Crippen molar-refractivity contribution in [2.75, 3.05) is 6.61 Å². The van der Waals surface area contributed by atoms with E-state index >= 15 is 0 Å². The Hall–Kier alpha value is -0.300. The summed E-state index contributed by atoms with van der Waals surface area (Å²) in [7, 11) is 0. The summed E-state index contributed by atoms with van der Waals surface area (Å²) in [5.41, 5.74) is 2.32. The lowest BCUT2D eigenvalue weighted by atomic mass is 9.40. The fourth-order valence-electron chi connectivity index (χ4n) is 5.53. The number of hydrogen-bond donors (Lipinski definition) is 1. The van der Waals surface area contributed by atoms with E-state index < -0.39 is 0 Å². The molecule has 0 heterocycles. The van der Waals surface area contributed by atoms with Gasteiger partial charge in [0.15, 0.2) is 0 Å². The van der Waals surface area contributed by atoms with E-state index in [9.17, 15) is 5.11 Å². The number of fused-ring (bicyclic) bond motifs is 2. The molecule has 1 nitrogen and oxygen atoms in total. The predicted molar refractivity (Wildman–Crippen MR) is 66.0 cm³/mol. The maximum atomic E-state index is 9.66. The predicted octanol–water partition coefficient (Wildman–Crippen LogP) is 3.39. The summed E-state index contributed by atoms with van der Waals surface area (Å²) in [5, 5.41) is 9.66. The van der Waals surface area contributed by atoms with Crippen molar-refractivity contribution in [2.24, 2.45) is 28.6 Å². The van der Waals surface area contributed by atoms with Crippen LogP contribution in [0.4, 0.5) is 0 Å². The summed E-state index contributed by atoms with van der Waals surface area (Å²) in [6.45, 7) is 9.56. The number of aliphatic hydroxyl groups excluding tert-OH is 1. The van der Waals surface area contributed by atoms with E-state index in [-0.39, 0.29) is 0 Å². The molecular formula is C15H24O. The summed E-state index contributed by atoms with van der Waals surface area (Å²) >= 11 is 0. The summed E-state index contributed by atoms with van der Waals surface area (Å²) in [6, 6.07) is 0. The minimum absolute atomic E-state index is 0.384. The first-order valence-corrected chi connectivity index (χ1v) is 6.82. The van der Waals surface area contributed by atoms with Crippen LogP contribution in [0.5, 0.6) is 0 Å². The van der Waals surface area contributed by atoms with Crippen molar-refractivity contribution in [3.63, 3.8) is 0 Å². The fraction of sp³-hybridized carbons (Fsp3) is 0.867. The van der Waals surface area contributed by atoms with E-state index in [4.69, 9.17) is 0 Å². The molecular weight excluding hydrogens is 196 g/mol. The lowest BCUT2D eigenvalue weighted by Gasteiger charge is -2.64. The van der Waals surface area contributed by atoms with Gasteiger partial charge in [0, 0.05) is 6.61 Å². The van der Waals surface area contributed by atoms with Crippen molar-refractivity contribution in [2.45, 2.75) is 46.0 Å². The van der Waals surface area contributed by atoms with Gasteiger partial charge in [0.25, 0.3) is 0 Å². The average Bonchev–Trinajstić information content (AvgIpc) is 2.53. The molecule has 0 aromatic heterocycles. The van der Waals surface area contributed by atoms with Crippen LogP contribution in [0.3, 0.4) is 0 Å². The Morgan fingerprint density at radius 3 is 2.69 bits per heavy atom. The highest BCUT2D eigenvalue weighted by Crippen LogP contribution is 2.75. The van der Waals surface area contributed by atoms with Crippen molar-refractivity contribution < 1.29 is 5.11 Å². The van der Waals surface area contributed by atoms with Crippen molar-refractivity contribution in [1.82, 2.24) is 0 Å². The van der Waals surface area contributed by atoms with Crippen LogP contribution in [-0.2, 0) is 0 Å². The van der Waals surface area contributed by atoms with Gasteiger partial charge in [0.2, 0.25) is 0 Å². The second-order valence-corrected chi connectivity index (χ2v) is 6.87. The Labute approximate surface area is 98.9 Å². The second kappa shape index (κ2) is 3.13.